The van der Waals surface area contributed by atoms with E-state index in [4.69, 9.17) is 0 Å². The van der Waals surface area contributed by atoms with Gasteiger partial charge in [0.1, 0.15) is 0 Å². The van der Waals surface area contributed by atoms with Crippen LogP contribution in [0.4, 0.5) is 11.4 Å². The molecule has 6 heteroatoms. The lowest BCUT2D eigenvalue weighted by Gasteiger charge is -2.35. The fourth-order valence-electron chi connectivity index (χ4n) is 3.04. The summed E-state index contributed by atoms with van der Waals surface area (Å²) in [4.78, 5) is 39.8. The average Bonchev–Trinajstić information content (AvgIpc) is 2.60. The Balaban J connectivity index is 1.99. The molecule has 1 fully saturated rings. The monoisotopic (exact) mass is 359 g/mol. The second-order valence-electron chi connectivity index (χ2n) is 7.95. The lowest BCUT2D eigenvalue weighted by molar-refractivity contribution is -0.142. The van der Waals surface area contributed by atoms with E-state index in [0.29, 0.717) is 18.8 Å². The Kier molecular flexibility index (Phi) is 6.05. The summed E-state index contributed by atoms with van der Waals surface area (Å²) in [5.41, 5.74) is 1.03. The zero-order valence-electron chi connectivity index (χ0n) is 16.3. The Morgan fingerprint density at radius 2 is 1.77 bits per heavy atom. The molecule has 1 aromatic rings. The largest absolute Gasteiger partial charge is 0.341 e. The first kappa shape index (κ1) is 19.9. The van der Waals surface area contributed by atoms with Gasteiger partial charge in [-0.25, -0.2) is 0 Å². The van der Waals surface area contributed by atoms with E-state index in [1.807, 2.05) is 20.8 Å². The van der Waals surface area contributed by atoms with Gasteiger partial charge in [0.15, 0.2) is 0 Å². The van der Waals surface area contributed by atoms with Crippen molar-refractivity contribution in [2.24, 2.45) is 11.3 Å². The van der Waals surface area contributed by atoms with Crippen molar-refractivity contribution in [1.29, 1.82) is 0 Å². The van der Waals surface area contributed by atoms with E-state index in [1.54, 1.807) is 41.1 Å². The van der Waals surface area contributed by atoms with Crippen LogP contribution in [0.5, 0.6) is 0 Å². The molecule has 142 valence electrons. The zero-order chi connectivity index (χ0) is 19.5. The maximum atomic E-state index is 12.6. The summed E-state index contributed by atoms with van der Waals surface area (Å²) in [5.74, 6) is -0.224. The molecule has 0 aromatic heterocycles. The van der Waals surface area contributed by atoms with Gasteiger partial charge in [-0.1, -0.05) is 20.8 Å². The van der Waals surface area contributed by atoms with E-state index in [-0.39, 0.29) is 23.6 Å². The van der Waals surface area contributed by atoms with Crippen LogP contribution in [0.2, 0.25) is 0 Å². The number of piperidine rings is 1. The van der Waals surface area contributed by atoms with Crippen LogP contribution in [0, 0.1) is 11.3 Å². The summed E-state index contributed by atoms with van der Waals surface area (Å²) in [5, 5.41) is 2.92. The van der Waals surface area contributed by atoms with Crippen LogP contribution >= 0.6 is 0 Å². The summed E-state index contributed by atoms with van der Waals surface area (Å²) >= 11 is 0. The molecular formula is C20H29N3O3. The van der Waals surface area contributed by atoms with Crippen LogP contribution in [0.25, 0.3) is 0 Å². The summed E-state index contributed by atoms with van der Waals surface area (Å²) in [6.45, 7) is 8.39. The average molecular weight is 359 g/mol. The Morgan fingerprint density at radius 1 is 1.15 bits per heavy atom. The van der Waals surface area contributed by atoms with Crippen molar-refractivity contribution in [1.82, 2.24) is 4.90 Å². The lowest BCUT2D eigenvalue weighted by Crippen LogP contribution is -2.47. The van der Waals surface area contributed by atoms with Gasteiger partial charge in [0.25, 0.3) is 0 Å². The van der Waals surface area contributed by atoms with E-state index < -0.39 is 5.41 Å². The first-order chi connectivity index (χ1) is 12.1. The molecular weight excluding hydrogens is 330 g/mol. The Morgan fingerprint density at radius 3 is 2.31 bits per heavy atom. The third-order valence-corrected chi connectivity index (χ3v) is 4.72. The number of benzene rings is 1. The van der Waals surface area contributed by atoms with E-state index in [1.165, 1.54) is 6.92 Å². The van der Waals surface area contributed by atoms with Gasteiger partial charge in [-0.15, -0.1) is 0 Å². The quantitative estimate of drug-likeness (QED) is 0.902. The third kappa shape index (κ3) is 4.84. The molecule has 26 heavy (non-hydrogen) atoms. The molecule has 0 spiro atoms. The molecule has 6 nitrogen and oxygen atoms in total. The highest BCUT2D eigenvalue weighted by Crippen LogP contribution is 2.25. The zero-order valence-corrected chi connectivity index (χ0v) is 16.3. The van der Waals surface area contributed by atoms with Gasteiger partial charge in [-0.05, 0) is 37.1 Å². The number of hydrogen-bond donors (Lipinski definition) is 1. The van der Waals surface area contributed by atoms with Crippen LogP contribution in [0.15, 0.2) is 24.3 Å². The number of nitrogens with zero attached hydrogens (tertiary/aromatic N) is 2. The number of amides is 3. The molecule has 1 N–H and O–H groups in total. The molecule has 0 radical (unpaired) electrons. The van der Waals surface area contributed by atoms with Gasteiger partial charge in [-0.3, -0.25) is 14.4 Å². The number of rotatable bonds is 3. The van der Waals surface area contributed by atoms with Crippen molar-refractivity contribution in [3.63, 3.8) is 0 Å². The van der Waals surface area contributed by atoms with Crippen molar-refractivity contribution < 1.29 is 14.4 Å². The van der Waals surface area contributed by atoms with Gasteiger partial charge in [0.2, 0.25) is 17.7 Å². The molecule has 0 bridgehead atoms. The SMILES string of the molecule is CC(=O)N(C)c1ccc(NC(=O)C2CCCN(C(=O)C(C)(C)C)C2)cc1. The van der Waals surface area contributed by atoms with Crippen LogP contribution < -0.4 is 10.2 Å². The molecule has 1 heterocycles. The second-order valence-corrected chi connectivity index (χ2v) is 7.95. The molecule has 1 aliphatic rings. The molecule has 1 aliphatic heterocycles. The topological polar surface area (TPSA) is 69.7 Å². The predicted molar refractivity (Wildman–Crippen MR) is 103 cm³/mol. The van der Waals surface area contributed by atoms with Crippen molar-refractivity contribution >= 4 is 29.1 Å². The minimum absolute atomic E-state index is 0.0485. The summed E-state index contributed by atoms with van der Waals surface area (Å²) in [6.07, 6.45) is 1.62. The minimum Gasteiger partial charge on any atom is -0.341 e. The van der Waals surface area contributed by atoms with E-state index in [0.717, 1.165) is 18.5 Å². The summed E-state index contributed by atoms with van der Waals surface area (Å²) in [6, 6.07) is 7.17. The maximum Gasteiger partial charge on any atom is 0.229 e. The molecule has 3 amide bonds. The van der Waals surface area contributed by atoms with Crippen LogP contribution in [0.1, 0.15) is 40.5 Å². The van der Waals surface area contributed by atoms with Gasteiger partial charge in [-0.2, -0.15) is 0 Å². The van der Waals surface area contributed by atoms with Crippen LogP contribution in [-0.4, -0.2) is 42.8 Å². The predicted octanol–water partition coefficient (Wildman–Crippen LogP) is 2.89. The number of anilines is 2. The molecule has 1 aromatic carbocycles. The van der Waals surface area contributed by atoms with Gasteiger partial charge in [0.05, 0.1) is 5.92 Å². The molecule has 0 aliphatic carbocycles. The Hall–Kier alpha value is -2.37. The molecule has 2 rings (SSSR count). The van der Waals surface area contributed by atoms with Crippen LogP contribution in [-0.2, 0) is 14.4 Å². The molecule has 0 saturated carbocycles. The third-order valence-electron chi connectivity index (χ3n) is 4.72. The maximum absolute atomic E-state index is 12.6. The molecule has 1 saturated heterocycles. The standard InChI is InChI=1S/C20H29N3O3/c1-14(24)22(5)17-10-8-16(9-11-17)21-18(25)15-7-6-12-23(13-15)19(26)20(2,3)4/h8-11,15H,6-7,12-13H2,1-5H3,(H,21,25). The number of likely N-dealkylation sites (tertiary alicyclic amines) is 1. The second kappa shape index (κ2) is 7.89. The highest BCUT2D eigenvalue weighted by atomic mass is 16.2. The van der Waals surface area contributed by atoms with Crippen molar-refractivity contribution in [3.05, 3.63) is 24.3 Å². The highest BCUT2D eigenvalue weighted by molar-refractivity contribution is 5.94. The summed E-state index contributed by atoms with van der Waals surface area (Å²) in [7, 11) is 1.71. The Labute approximate surface area is 155 Å². The van der Waals surface area contributed by atoms with Gasteiger partial charge >= 0.3 is 0 Å². The fourth-order valence-corrected chi connectivity index (χ4v) is 3.04. The summed E-state index contributed by atoms with van der Waals surface area (Å²) < 4.78 is 0. The van der Waals surface area contributed by atoms with Crippen LogP contribution in [0.3, 0.4) is 0 Å². The van der Waals surface area contributed by atoms with Crippen molar-refractivity contribution in [3.8, 4) is 0 Å². The van der Waals surface area contributed by atoms with E-state index >= 15 is 0 Å². The first-order valence-corrected chi connectivity index (χ1v) is 9.04. The van der Waals surface area contributed by atoms with Gasteiger partial charge in [0, 0.05) is 43.9 Å². The number of hydrogen-bond acceptors (Lipinski definition) is 3. The smallest absolute Gasteiger partial charge is 0.229 e. The fraction of sp³-hybridized carbons (Fsp3) is 0.550. The first-order valence-electron chi connectivity index (χ1n) is 9.04. The van der Waals surface area contributed by atoms with E-state index in [9.17, 15) is 14.4 Å². The highest BCUT2D eigenvalue weighted by Gasteiger charge is 2.33. The Bertz CT molecular complexity index is 677. The van der Waals surface area contributed by atoms with Crippen molar-refractivity contribution in [2.75, 3.05) is 30.4 Å². The minimum atomic E-state index is -0.434. The lowest BCUT2D eigenvalue weighted by atomic mass is 9.91. The molecule has 1 atom stereocenters. The normalized spacial score (nSPS) is 17.6. The molecule has 1 unspecified atom stereocenters. The van der Waals surface area contributed by atoms with Gasteiger partial charge < -0.3 is 15.1 Å². The number of carbonyl (C=O) groups excluding carboxylic acids is 3. The van der Waals surface area contributed by atoms with E-state index in [2.05, 4.69) is 5.32 Å². The number of nitrogens with one attached hydrogen (secondary N) is 1. The number of carbonyl (C=O) groups is 3. The van der Waals surface area contributed by atoms with Crippen molar-refractivity contribution in [2.45, 2.75) is 40.5 Å².